The molecule has 0 unspecified atom stereocenters. The average molecular weight is 376 g/mol. The number of benzene rings is 3. The lowest BCUT2D eigenvalue weighted by molar-refractivity contribution is 0.414. The first-order chi connectivity index (χ1) is 13.5. The van der Waals surface area contributed by atoms with E-state index in [1.807, 2.05) is 6.07 Å². The van der Waals surface area contributed by atoms with Crippen LogP contribution >= 0.6 is 0 Å². The van der Waals surface area contributed by atoms with Gasteiger partial charge in [-0.1, -0.05) is 24.3 Å². The summed E-state index contributed by atoms with van der Waals surface area (Å²) in [6.45, 7) is 0. The van der Waals surface area contributed by atoms with E-state index in [0.29, 0.717) is 28.9 Å². The van der Waals surface area contributed by atoms with Crippen molar-refractivity contribution < 1.29 is 18.7 Å². The highest BCUT2D eigenvalue weighted by Gasteiger charge is 2.17. The Morgan fingerprint density at radius 2 is 1.71 bits per heavy atom. The van der Waals surface area contributed by atoms with Crippen LogP contribution in [0.5, 0.6) is 11.5 Å². The maximum absolute atomic E-state index is 13.4. The summed E-state index contributed by atoms with van der Waals surface area (Å²) in [5.41, 5.74) is 2.59. The fraction of sp³-hybridized carbons (Fsp3) is 0.0870. The highest BCUT2D eigenvalue weighted by atomic mass is 19.1. The summed E-state index contributed by atoms with van der Waals surface area (Å²) in [6.07, 6.45) is 0.446. The van der Waals surface area contributed by atoms with Crippen LogP contribution in [0.2, 0.25) is 0 Å². The maximum Gasteiger partial charge on any atom is 0.344 e. The van der Waals surface area contributed by atoms with E-state index in [1.54, 1.807) is 55.6 Å². The molecule has 0 aliphatic heterocycles. The molecule has 0 amide bonds. The molecule has 0 spiro atoms. The van der Waals surface area contributed by atoms with E-state index in [-0.39, 0.29) is 11.6 Å². The van der Waals surface area contributed by atoms with Crippen LogP contribution in [0, 0.1) is 5.82 Å². The first kappa shape index (κ1) is 17.8. The normalized spacial score (nSPS) is 10.9. The molecular weight excluding hydrogens is 359 g/mol. The van der Waals surface area contributed by atoms with Crippen molar-refractivity contribution in [3.8, 4) is 22.6 Å². The molecule has 0 bridgehead atoms. The molecule has 0 aliphatic carbocycles. The van der Waals surface area contributed by atoms with Gasteiger partial charge in [0.15, 0.2) is 0 Å². The molecule has 28 heavy (non-hydrogen) atoms. The van der Waals surface area contributed by atoms with Crippen LogP contribution in [0.15, 0.2) is 75.9 Å². The first-order valence-corrected chi connectivity index (χ1v) is 8.73. The van der Waals surface area contributed by atoms with Gasteiger partial charge in [-0.2, -0.15) is 0 Å². The van der Waals surface area contributed by atoms with Gasteiger partial charge in [0, 0.05) is 11.5 Å². The van der Waals surface area contributed by atoms with Crippen molar-refractivity contribution in [1.82, 2.24) is 0 Å². The van der Waals surface area contributed by atoms with E-state index in [1.165, 1.54) is 12.1 Å². The zero-order chi connectivity index (χ0) is 19.7. The molecule has 0 saturated carbocycles. The predicted molar refractivity (Wildman–Crippen MR) is 105 cm³/mol. The van der Waals surface area contributed by atoms with Crippen molar-refractivity contribution >= 4 is 11.0 Å². The number of hydrogen-bond donors (Lipinski definition) is 1. The second-order valence-corrected chi connectivity index (χ2v) is 6.46. The first-order valence-electron chi connectivity index (χ1n) is 8.73. The number of ether oxygens (including phenoxy) is 1. The van der Waals surface area contributed by atoms with E-state index in [4.69, 9.17) is 9.15 Å². The Hall–Kier alpha value is -3.60. The molecule has 4 aromatic rings. The van der Waals surface area contributed by atoms with Crippen molar-refractivity contribution in [2.75, 3.05) is 7.11 Å². The lowest BCUT2D eigenvalue weighted by Gasteiger charge is -2.13. The van der Waals surface area contributed by atoms with E-state index >= 15 is 0 Å². The second-order valence-electron chi connectivity index (χ2n) is 6.46. The van der Waals surface area contributed by atoms with Crippen LogP contribution in [0.3, 0.4) is 0 Å². The number of phenolic OH excluding ortho intramolecular Hbond substituents is 1. The fourth-order valence-electron chi connectivity index (χ4n) is 3.28. The lowest BCUT2D eigenvalue weighted by atomic mass is 9.93. The molecule has 0 fully saturated rings. The lowest BCUT2D eigenvalue weighted by Crippen LogP contribution is -2.09. The molecule has 0 saturated heterocycles. The Morgan fingerprint density at radius 3 is 2.39 bits per heavy atom. The maximum atomic E-state index is 13.4. The van der Waals surface area contributed by atoms with Crippen LogP contribution < -0.4 is 10.4 Å². The molecule has 0 radical (unpaired) electrons. The standard InChI is InChI=1S/C23H17FO4/c1-27-18-10-11-19-20(12-14-2-8-17(25)9-3-14)22(23(26)28-21(19)13-18)15-4-6-16(24)7-5-15/h2-11,13,25H,12H2,1H3. The van der Waals surface area contributed by atoms with Gasteiger partial charge in [0.1, 0.15) is 22.9 Å². The quantitative estimate of drug-likeness (QED) is 0.515. The molecule has 5 heteroatoms. The van der Waals surface area contributed by atoms with E-state index in [9.17, 15) is 14.3 Å². The molecule has 1 N–H and O–H groups in total. The molecule has 4 rings (SSSR count). The third kappa shape index (κ3) is 3.34. The second kappa shape index (κ2) is 7.19. The number of methoxy groups -OCH3 is 1. The summed E-state index contributed by atoms with van der Waals surface area (Å²) >= 11 is 0. The topological polar surface area (TPSA) is 59.7 Å². The van der Waals surface area contributed by atoms with Crippen molar-refractivity contribution in [3.05, 3.63) is 94.1 Å². The van der Waals surface area contributed by atoms with E-state index < -0.39 is 5.63 Å². The molecule has 3 aromatic carbocycles. The summed E-state index contributed by atoms with van der Waals surface area (Å²) in [4.78, 5) is 12.8. The molecule has 1 heterocycles. The zero-order valence-electron chi connectivity index (χ0n) is 15.1. The van der Waals surface area contributed by atoms with Crippen molar-refractivity contribution in [2.45, 2.75) is 6.42 Å². The minimum absolute atomic E-state index is 0.171. The summed E-state index contributed by atoms with van der Waals surface area (Å²) in [7, 11) is 1.55. The molecule has 0 atom stereocenters. The molecule has 140 valence electrons. The summed E-state index contributed by atoms with van der Waals surface area (Å²) in [6, 6.07) is 17.9. The van der Waals surface area contributed by atoms with Gasteiger partial charge in [-0.25, -0.2) is 9.18 Å². The molecular formula is C23H17FO4. The zero-order valence-corrected chi connectivity index (χ0v) is 15.1. The van der Waals surface area contributed by atoms with Crippen molar-refractivity contribution in [2.24, 2.45) is 0 Å². The van der Waals surface area contributed by atoms with Gasteiger partial charge in [0.05, 0.1) is 12.7 Å². The monoisotopic (exact) mass is 376 g/mol. The largest absolute Gasteiger partial charge is 0.508 e. The van der Waals surface area contributed by atoms with Crippen LogP contribution in [-0.2, 0) is 6.42 Å². The number of fused-ring (bicyclic) bond motifs is 1. The SMILES string of the molecule is COc1ccc2c(Cc3ccc(O)cc3)c(-c3ccc(F)cc3)c(=O)oc2c1. The summed E-state index contributed by atoms with van der Waals surface area (Å²) < 4.78 is 24.2. The fourth-order valence-corrected chi connectivity index (χ4v) is 3.28. The minimum Gasteiger partial charge on any atom is -0.508 e. The third-order valence-corrected chi connectivity index (χ3v) is 4.67. The van der Waals surface area contributed by atoms with Gasteiger partial charge in [0.25, 0.3) is 0 Å². The molecule has 4 nitrogen and oxygen atoms in total. The Kier molecular flexibility index (Phi) is 4.57. The van der Waals surface area contributed by atoms with Crippen molar-refractivity contribution in [3.63, 3.8) is 0 Å². The van der Waals surface area contributed by atoms with E-state index in [2.05, 4.69) is 0 Å². The Labute approximate surface area is 160 Å². The third-order valence-electron chi connectivity index (χ3n) is 4.67. The Morgan fingerprint density at radius 1 is 1.00 bits per heavy atom. The van der Waals surface area contributed by atoms with Crippen LogP contribution in [0.1, 0.15) is 11.1 Å². The van der Waals surface area contributed by atoms with E-state index in [0.717, 1.165) is 16.5 Å². The Balaban J connectivity index is 1.98. The highest BCUT2D eigenvalue weighted by Crippen LogP contribution is 2.31. The predicted octanol–water partition coefficient (Wildman–Crippen LogP) is 4.90. The van der Waals surface area contributed by atoms with Gasteiger partial charge in [-0.15, -0.1) is 0 Å². The summed E-state index contributed by atoms with van der Waals surface area (Å²) in [5, 5.41) is 10.3. The molecule has 1 aromatic heterocycles. The van der Waals surface area contributed by atoms with Gasteiger partial charge in [-0.3, -0.25) is 0 Å². The van der Waals surface area contributed by atoms with Crippen molar-refractivity contribution in [1.29, 1.82) is 0 Å². The number of aromatic hydroxyl groups is 1. The minimum atomic E-state index is -0.499. The summed E-state index contributed by atoms with van der Waals surface area (Å²) in [5.74, 6) is 0.379. The van der Waals surface area contributed by atoms with Gasteiger partial charge < -0.3 is 14.3 Å². The Bertz CT molecular complexity index is 1190. The average Bonchev–Trinajstić information content (AvgIpc) is 2.70. The van der Waals surface area contributed by atoms with Crippen LogP contribution in [0.4, 0.5) is 4.39 Å². The number of hydrogen-bond acceptors (Lipinski definition) is 4. The van der Waals surface area contributed by atoms with Gasteiger partial charge in [-0.05, 0) is 59.5 Å². The van der Waals surface area contributed by atoms with Crippen LogP contribution in [0.25, 0.3) is 22.1 Å². The molecule has 0 aliphatic rings. The van der Waals surface area contributed by atoms with Gasteiger partial charge >= 0.3 is 5.63 Å². The number of phenols is 1. The van der Waals surface area contributed by atoms with Gasteiger partial charge in [0.2, 0.25) is 0 Å². The van der Waals surface area contributed by atoms with Crippen LogP contribution in [-0.4, -0.2) is 12.2 Å². The number of rotatable bonds is 4. The number of halogens is 1. The highest BCUT2D eigenvalue weighted by molar-refractivity contribution is 5.88. The smallest absolute Gasteiger partial charge is 0.344 e.